The lowest BCUT2D eigenvalue weighted by Crippen LogP contribution is -2.41. The average Bonchev–Trinajstić information content (AvgIpc) is 3.35. The number of alkyl halides is 3. The first kappa shape index (κ1) is 24.7. The molecule has 1 heterocycles. The molecule has 1 aliphatic carbocycles. The van der Waals surface area contributed by atoms with Crippen molar-refractivity contribution in [2.24, 2.45) is 11.1 Å². The molecule has 0 amide bonds. The number of aryl methyl sites for hydroxylation is 1. The maximum Gasteiger partial charge on any atom is 0.425 e. The third kappa shape index (κ3) is 4.11. The fourth-order valence-corrected chi connectivity index (χ4v) is 4.25. The zero-order chi connectivity index (χ0) is 24.6. The zero-order valence-corrected chi connectivity index (χ0v) is 19.4. The summed E-state index contributed by atoms with van der Waals surface area (Å²) >= 11 is 0. The van der Waals surface area contributed by atoms with Crippen LogP contribution in [0, 0.1) is 5.41 Å². The standard InChI is InChI=1S/C25H25F3N2O.CH5N/c1-5-16-11-19(17-13-29-30(14-17)15-23(3,4)6-2)22-18-9-7-8-10-20(18)24(31,21(22)12-16)25(26,27)28;1-2/h6-14,31H,2,5,15H2,1,3-4H3;2H2,1H3. The van der Waals surface area contributed by atoms with E-state index in [1.807, 2.05) is 39.1 Å². The quantitative estimate of drug-likeness (QED) is 0.485. The van der Waals surface area contributed by atoms with Gasteiger partial charge in [0.2, 0.25) is 5.60 Å². The largest absolute Gasteiger partial charge is 0.425 e. The van der Waals surface area contributed by atoms with Crippen LogP contribution in [-0.4, -0.2) is 28.1 Å². The fourth-order valence-electron chi connectivity index (χ4n) is 4.25. The van der Waals surface area contributed by atoms with Gasteiger partial charge in [0, 0.05) is 34.8 Å². The van der Waals surface area contributed by atoms with Crippen molar-refractivity contribution in [3.63, 3.8) is 0 Å². The highest BCUT2D eigenvalue weighted by Gasteiger charge is 2.61. The van der Waals surface area contributed by atoms with Crippen LogP contribution in [0.15, 0.2) is 61.4 Å². The lowest BCUT2D eigenvalue weighted by molar-refractivity contribution is -0.246. The number of aliphatic hydroxyl groups is 1. The van der Waals surface area contributed by atoms with E-state index in [0.29, 0.717) is 35.2 Å². The Morgan fingerprint density at radius 1 is 1.12 bits per heavy atom. The van der Waals surface area contributed by atoms with Gasteiger partial charge in [-0.05, 0) is 35.7 Å². The van der Waals surface area contributed by atoms with E-state index in [1.54, 1.807) is 23.0 Å². The molecule has 3 aromatic rings. The van der Waals surface area contributed by atoms with E-state index in [1.165, 1.54) is 25.2 Å². The van der Waals surface area contributed by atoms with Gasteiger partial charge in [-0.1, -0.05) is 63.2 Å². The minimum atomic E-state index is -4.85. The maximum absolute atomic E-state index is 14.2. The van der Waals surface area contributed by atoms with Crippen LogP contribution in [0.25, 0.3) is 22.3 Å². The predicted molar refractivity (Wildman–Crippen MR) is 126 cm³/mol. The van der Waals surface area contributed by atoms with Gasteiger partial charge in [0.05, 0.1) is 6.20 Å². The molecule has 1 aliphatic rings. The van der Waals surface area contributed by atoms with Crippen LogP contribution in [0.4, 0.5) is 13.2 Å². The van der Waals surface area contributed by atoms with E-state index in [-0.39, 0.29) is 16.5 Å². The summed E-state index contributed by atoms with van der Waals surface area (Å²) < 4.78 is 44.5. The predicted octanol–water partition coefficient (Wildman–Crippen LogP) is 5.68. The van der Waals surface area contributed by atoms with E-state index in [0.717, 1.165) is 5.56 Å². The van der Waals surface area contributed by atoms with Crippen LogP contribution in [0.5, 0.6) is 0 Å². The van der Waals surface area contributed by atoms with Crippen molar-refractivity contribution in [2.45, 2.75) is 45.5 Å². The molecule has 0 bridgehead atoms. The van der Waals surface area contributed by atoms with Gasteiger partial charge < -0.3 is 10.8 Å². The monoisotopic (exact) mass is 457 g/mol. The van der Waals surface area contributed by atoms with Crippen LogP contribution < -0.4 is 5.73 Å². The number of aromatic nitrogens is 2. The fraction of sp³-hybridized carbons (Fsp3) is 0.346. The first-order valence-corrected chi connectivity index (χ1v) is 10.8. The Kier molecular flexibility index (Phi) is 6.60. The average molecular weight is 458 g/mol. The van der Waals surface area contributed by atoms with Gasteiger partial charge in [0.15, 0.2) is 0 Å². The Hall–Kier alpha value is -2.90. The third-order valence-electron chi connectivity index (χ3n) is 6.06. The summed E-state index contributed by atoms with van der Waals surface area (Å²) in [4.78, 5) is 0. The van der Waals surface area contributed by atoms with E-state index in [4.69, 9.17) is 0 Å². The summed E-state index contributed by atoms with van der Waals surface area (Å²) in [6, 6.07) is 9.59. The van der Waals surface area contributed by atoms with Gasteiger partial charge >= 0.3 is 6.18 Å². The van der Waals surface area contributed by atoms with Crippen molar-refractivity contribution >= 4 is 0 Å². The molecule has 4 rings (SSSR count). The summed E-state index contributed by atoms with van der Waals surface area (Å²) in [6.45, 7) is 10.4. The van der Waals surface area contributed by atoms with E-state index in [2.05, 4.69) is 17.4 Å². The highest BCUT2D eigenvalue weighted by molar-refractivity contribution is 5.92. The van der Waals surface area contributed by atoms with Crippen molar-refractivity contribution in [1.29, 1.82) is 0 Å². The summed E-state index contributed by atoms with van der Waals surface area (Å²) in [6.07, 6.45) is 1.05. The lowest BCUT2D eigenvalue weighted by atomic mass is 9.87. The molecular weight excluding hydrogens is 427 g/mol. The Morgan fingerprint density at radius 3 is 2.39 bits per heavy atom. The van der Waals surface area contributed by atoms with Gasteiger partial charge in [-0.3, -0.25) is 4.68 Å². The minimum absolute atomic E-state index is 0.116. The summed E-state index contributed by atoms with van der Waals surface area (Å²) in [5.41, 5.74) is 3.92. The normalized spacial score (nSPS) is 17.1. The number of fused-ring (bicyclic) bond motifs is 3. The molecule has 7 heteroatoms. The molecule has 4 nitrogen and oxygen atoms in total. The topological polar surface area (TPSA) is 64.1 Å². The molecule has 33 heavy (non-hydrogen) atoms. The third-order valence-corrected chi connectivity index (χ3v) is 6.06. The number of nitrogens with zero attached hydrogens (tertiary/aromatic N) is 2. The summed E-state index contributed by atoms with van der Waals surface area (Å²) in [5, 5.41) is 15.5. The van der Waals surface area contributed by atoms with Crippen molar-refractivity contribution in [2.75, 3.05) is 7.05 Å². The van der Waals surface area contributed by atoms with Crippen molar-refractivity contribution < 1.29 is 18.3 Å². The van der Waals surface area contributed by atoms with Crippen LogP contribution in [0.3, 0.4) is 0 Å². The Morgan fingerprint density at radius 2 is 1.79 bits per heavy atom. The van der Waals surface area contributed by atoms with E-state index < -0.39 is 11.8 Å². The lowest BCUT2D eigenvalue weighted by Gasteiger charge is -2.28. The minimum Gasteiger partial charge on any atom is -0.372 e. The van der Waals surface area contributed by atoms with E-state index in [9.17, 15) is 18.3 Å². The second kappa shape index (κ2) is 8.80. The van der Waals surface area contributed by atoms with Crippen LogP contribution >= 0.6 is 0 Å². The van der Waals surface area contributed by atoms with Gasteiger partial charge in [0.25, 0.3) is 0 Å². The number of benzene rings is 2. The smallest absolute Gasteiger partial charge is 0.372 e. The van der Waals surface area contributed by atoms with Crippen LogP contribution in [-0.2, 0) is 18.6 Å². The Labute approximate surface area is 192 Å². The molecule has 0 spiro atoms. The Balaban J connectivity index is 0.00000149. The molecule has 1 atom stereocenters. The Bertz CT molecular complexity index is 1160. The van der Waals surface area contributed by atoms with Gasteiger partial charge in [-0.2, -0.15) is 18.3 Å². The summed E-state index contributed by atoms with van der Waals surface area (Å²) in [7, 11) is 1.50. The zero-order valence-electron chi connectivity index (χ0n) is 19.4. The number of nitrogens with two attached hydrogens (primary N) is 1. The highest BCUT2D eigenvalue weighted by Crippen LogP contribution is 2.57. The number of halogens is 3. The van der Waals surface area contributed by atoms with Crippen molar-refractivity contribution in [3.05, 3.63) is 78.1 Å². The molecule has 1 aromatic heterocycles. The first-order chi connectivity index (χ1) is 15.5. The molecule has 0 saturated carbocycles. The maximum atomic E-state index is 14.2. The summed E-state index contributed by atoms with van der Waals surface area (Å²) in [5.74, 6) is 0. The van der Waals surface area contributed by atoms with Gasteiger partial charge in [-0.25, -0.2) is 0 Å². The number of hydrogen-bond acceptors (Lipinski definition) is 3. The van der Waals surface area contributed by atoms with Crippen LogP contribution in [0.2, 0.25) is 0 Å². The molecule has 1 unspecified atom stereocenters. The molecule has 0 aliphatic heterocycles. The molecular formula is C26H30F3N3O. The van der Waals surface area contributed by atoms with Crippen LogP contribution in [0.1, 0.15) is 37.5 Å². The van der Waals surface area contributed by atoms with E-state index >= 15 is 0 Å². The number of allylic oxidation sites excluding steroid dienone is 1. The van der Waals surface area contributed by atoms with Crippen molar-refractivity contribution in [1.82, 2.24) is 9.78 Å². The molecule has 176 valence electrons. The number of hydrogen-bond donors (Lipinski definition) is 2. The number of rotatable bonds is 5. The van der Waals surface area contributed by atoms with Gasteiger partial charge in [-0.15, -0.1) is 6.58 Å². The SMILES string of the molecule is C=CC(C)(C)Cn1cc(-c2cc(CC)cc3c2-c2ccccc2C3(O)C(F)(F)F)cn1.CN. The van der Waals surface area contributed by atoms with Crippen molar-refractivity contribution in [3.8, 4) is 22.3 Å². The molecule has 0 saturated heterocycles. The molecule has 0 fully saturated rings. The second-order valence-electron chi connectivity index (χ2n) is 8.79. The van der Waals surface area contributed by atoms with Gasteiger partial charge in [0.1, 0.15) is 0 Å². The molecule has 0 radical (unpaired) electrons. The molecule has 3 N–H and O–H groups in total. The first-order valence-electron chi connectivity index (χ1n) is 10.8. The second-order valence-corrected chi connectivity index (χ2v) is 8.79. The highest BCUT2D eigenvalue weighted by atomic mass is 19.4. The molecule has 2 aromatic carbocycles.